The minimum Gasteiger partial charge on any atom is -0.481 e. The molecule has 0 bridgehead atoms. The standard InChI is InChI=1S/C17H25NO2/c1-13-7-6-10-16(11-13)20-14(2)17(19)18-12-15-8-4-3-5-9-15/h6-7,10-11,14-15H,3-5,8-9,12H2,1-2H3,(H,18,19). The molecule has 1 unspecified atom stereocenters. The van der Waals surface area contributed by atoms with Crippen molar-refractivity contribution in [2.24, 2.45) is 5.92 Å². The lowest BCUT2D eigenvalue weighted by atomic mass is 9.89. The number of rotatable bonds is 5. The van der Waals surface area contributed by atoms with Crippen molar-refractivity contribution in [3.63, 3.8) is 0 Å². The molecule has 110 valence electrons. The smallest absolute Gasteiger partial charge is 0.260 e. The third kappa shape index (κ3) is 4.55. The number of carbonyl (C=O) groups excluding carboxylic acids is 1. The summed E-state index contributed by atoms with van der Waals surface area (Å²) in [5, 5.41) is 3.02. The van der Waals surface area contributed by atoms with E-state index in [9.17, 15) is 4.79 Å². The zero-order chi connectivity index (χ0) is 14.4. The average Bonchev–Trinajstić information content (AvgIpc) is 2.46. The molecule has 0 spiro atoms. The van der Waals surface area contributed by atoms with E-state index in [4.69, 9.17) is 4.74 Å². The highest BCUT2D eigenvalue weighted by Gasteiger charge is 2.18. The molecule has 20 heavy (non-hydrogen) atoms. The Kier molecular flexibility index (Phi) is 5.45. The highest BCUT2D eigenvalue weighted by atomic mass is 16.5. The largest absolute Gasteiger partial charge is 0.481 e. The van der Waals surface area contributed by atoms with Gasteiger partial charge in [-0.3, -0.25) is 4.79 Å². The fourth-order valence-electron chi connectivity index (χ4n) is 2.73. The van der Waals surface area contributed by atoms with Crippen LogP contribution < -0.4 is 10.1 Å². The predicted molar refractivity (Wildman–Crippen MR) is 80.9 cm³/mol. The Hall–Kier alpha value is -1.51. The molecule has 0 radical (unpaired) electrons. The second-order valence-electron chi connectivity index (χ2n) is 5.83. The Morgan fingerprint density at radius 1 is 1.35 bits per heavy atom. The quantitative estimate of drug-likeness (QED) is 0.893. The first-order chi connectivity index (χ1) is 9.65. The number of nitrogens with one attached hydrogen (secondary N) is 1. The number of benzene rings is 1. The Labute approximate surface area is 121 Å². The fraction of sp³-hybridized carbons (Fsp3) is 0.588. The number of aryl methyl sites for hydroxylation is 1. The lowest BCUT2D eigenvalue weighted by molar-refractivity contribution is -0.127. The fourth-order valence-corrected chi connectivity index (χ4v) is 2.73. The Balaban J connectivity index is 1.76. The van der Waals surface area contributed by atoms with Crippen molar-refractivity contribution in [3.05, 3.63) is 29.8 Å². The van der Waals surface area contributed by atoms with E-state index < -0.39 is 6.10 Å². The highest BCUT2D eigenvalue weighted by Crippen LogP contribution is 2.22. The first-order valence-electron chi connectivity index (χ1n) is 7.66. The average molecular weight is 275 g/mol. The summed E-state index contributed by atoms with van der Waals surface area (Å²) in [6, 6.07) is 7.79. The third-order valence-corrected chi connectivity index (χ3v) is 3.96. The van der Waals surface area contributed by atoms with Crippen molar-refractivity contribution >= 4 is 5.91 Å². The van der Waals surface area contributed by atoms with Gasteiger partial charge < -0.3 is 10.1 Å². The van der Waals surface area contributed by atoms with Crippen LogP contribution in [0.4, 0.5) is 0 Å². The monoisotopic (exact) mass is 275 g/mol. The van der Waals surface area contributed by atoms with Crippen LogP contribution in [0.15, 0.2) is 24.3 Å². The van der Waals surface area contributed by atoms with Gasteiger partial charge in [0, 0.05) is 6.54 Å². The predicted octanol–water partition coefficient (Wildman–Crippen LogP) is 3.46. The van der Waals surface area contributed by atoms with Crippen molar-refractivity contribution < 1.29 is 9.53 Å². The Morgan fingerprint density at radius 2 is 2.10 bits per heavy atom. The van der Waals surface area contributed by atoms with Gasteiger partial charge in [-0.1, -0.05) is 31.4 Å². The summed E-state index contributed by atoms with van der Waals surface area (Å²) in [6.45, 7) is 4.61. The van der Waals surface area contributed by atoms with Gasteiger partial charge in [-0.2, -0.15) is 0 Å². The van der Waals surface area contributed by atoms with E-state index in [2.05, 4.69) is 5.32 Å². The molecule has 1 fully saturated rings. The first-order valence-corrected chi connectivity index (χ1v) is 7.66. The van der Waals surface area contributed by atoms with Crippen molar-refractivity contribution in [3.8, 4) is 5.75 Å². The van der Waals surface area contributed by atoms with Gasteiger partial charge in [0.1, 0.15) is 5.75 Å². The first kappa shape index (κ1) is 14.9. The summed E-state index contributed by atoms with van der Waals surface area (Å²) in [5.74, 6) is 1.39. The van der Waals surface area contributed by atoms with Gasteiger partial charge in [-0.05, 0) is 50.3 Å². The molecule has 0 heterocycles. The van der Waals surface area contributed by atoms with Crippen LogP contribution in [0, 0.1) is 12.8 Å². The van der Waals surface area contributed by atoms with Crippen LogP contribution >= 0.6 is 0 Å². The summed E-state index contributed by atoms with van der Waals surface area (Å²) >= 11 is 0. The van der Waals surface area contributed by atoms with Gasteiger partial charge in [0.2, 0.25) is 0 Å². The minimum absolute atomic E-state index is 0.0166. The van der Waals surface area contributed by atoms with E-state index >= 15 is 0 Å². The zero-order valence-corrected chi connectivity index (χ0v) is 12.5. The maximum Gasteiger partial charge on any atom is 0.260 e. The molecule has 1 amide bonds. The van der Waals surface area contributed by atoms with Gasteiger partial charge in [0.15, 0.2) is 6.10 Å². The maximum atomic E-state index is 12.0. The molecule has 0 saturated heterocycles. The maximum absolute atomic E-state index is 12.0. The van der Waals surface area contributed by atoms with Crippen LogP contribution in [0.25, 0.3) is 0 Å². The van der Waals surface area contributed by atoms with Crippen LogP contribution in [0.1, 0.15) is 44.6 Å². The number of ether oxygens (including phenoxy) is 1. The molecule has 0 aliphatic heterocycles. The molecule has 2 rings (SSSR count). The number of amides is 1. The Bertz CT molecular complexity index is 438. The highest BCUT2D eigenvalue weighted by molar-refractivity contribution is 5.80. The molecule has 3 heteroatoms. The van der Waals surface area contributed by atoms with Crippen molar-refractivity contribution in [1.82, 2.24) is 5.32 Å². The minimum atomic E-state index is -0.444. The van der Waals surface area contributed by atoms with Gasteiger partial charge in [-0.25, -0.2) is 0 Å². The van der Waals surface area contributed by atoms with Gasteiger partial charge in [-0.15, -0.1) is 0 Å². The molecule has 3 nitrogen and oxygen atoms in total. The molecule has 1 N–H and O–H groups in total. The number of hydrogen-bond acceptors (Lipinski definition) is 2. The molecule has 1 aromatic carbocycles. The van der Waals surface area contributed by atoms with E-state index in [1.54, 1.807) is 6.92 Å². The lowest BCUT2D eigenvalue weighted by Crippen LogP contribution is -2.39. The molecular formula is C17H25NO2. The number of hydrogen-bond donors (Lipinski definition) is 1. The van der Waals surface area contributed by atoms with E-state index in [1.165, 1.54) is 32.1 Å². The summed E-state index contributed by atoms with van der Waals surface area (Å²) in [6.07, 6.45) is 5.99. The van der Waals surface area contributed by atoms with Crippen LogP contribution in [-0.4, -0.2) is 18.6 Å². The summed E-state index contributed by atoms with van der Waals surface area (Å²) < 4.78 is 5.68. The second kappa shape index (κ2) is 7.32. The topological polar surface area (TPSA) is 38.3 Å². The zero-order valence-electron chi connectivity index (χ0n) is 12.5. The molecular weight excluding hydrogens is 250 g/mol. The summed E-state index contributed by atoms with van der Waals surface area (Å²) in [7, 11) is 0. The Morgan fingerprint density at radius 3 is 2.80 bits per heavy atom. The van der Waals surface area contributed by atoms with E-state index in [-0.39, 0.29) is 5.91 Å². The van der Waals surface area contributed by atoms with Gasteiger partial charge in [0.25, 0.3) is 5.91 Å². The molecule has 1 saturated carbocycles. The van der Waals surface area contributed by atoms with Crippen LogP contribution in [0.2, 0.25) is 0 Å². The van der Waals surface area contributed by atoms with Crippen molar-refractivity contribution in [1.29, 1.82) is 0 Å². The second-order valence-corrected chi connectivity index (χ2v) is 5.83. The summed E-state index contributed by atoms with van der Waals surface area (Å²) in [4.78, 5) is 12.0. The lowest BCUT2D eigenvalue weighted by Gasteiger charge is -2.23. The molecule has 1 aromatic rings. The molecule has 1 atom stereocenters. The van der Waals surface area contributed by atoms with Gasteiger partial charge in [0.05, 0.1) is 0 Å². The normalized spacial score (nSPS) is 17.5. The summed E-state index contributed by atoms with van der Waals surface area (Å²) in [5.41, 5.74) is 1.14. The molecule has 1 aliphatic rings. The SMILES string of the molecule is Cc1cccc(OC(C)C(=O)NCC2CCCCC2)c1. The van der Waals surface area contributed by atoms with Crippen LogP contribution in [0.5, 0.6) is 5.75 Å². The number of carbonyl (C=O) groups is 1. The molecule has 1 aliphatic carbocycles. The van der Waals surface area contributed by atoms with Crippen molar-refractivity contribution in [2.45, 2.75) is 52.1 Å². The van der Waals surface area contributed by atoms with Crippen molar-refractivity contribution in [2.75, 3.05) is 6.54 Å². The van der Waals surface area contributed by atoms with Gasteiger partial charge >= 0.3 is 0 Å². The van der Waals surface area contributed by atoms with E-state index in [0.29, 0.717) is 5.92 Å². The van der Waals surface area contributed by atoms with Crippen LogP contribution in [-0.2, 0) is 4.79 Å². The van der Waals surface area contributed by atoms with Crippen LogP contribution in [0.3, 0.4) is 0 Å². The third-order valence-electron chi connectivity index (χ3n) is 3.96. The van der Waals surface area contributed by atoms with E-state index in [0.717, 1.165) is 17.9 Å². The molecule has 0 aromatic heterocycles. The van der Waals surface area contributed by atoms with E-state index in [1.807, 2.05) is 31.2 Å².